The van der Waals surface area contributed by atoms with Gasteiger partial charge in [0.1, 0.15) is 0 Å². The first-order chi connectivity index (χ1) is 16.0. The van der Waals surface area contributed by atoms with Crippen LogP contribution in [0.4, 0.5) is 5.69 Å². The van der Waals surface area contributed by atoms with Crippen LogP contribution in [0.15, 0.2) is 48.8 Å². The predicted octanol–water partition coefficient (Wildman–Crippen LogP) is 4.88. The minimum absolute atomic E-state index is 0.147. The van der Waals surface area contributed by atoms with Crippen LogP contribution in [0.2, 0.25) is 0 Å². The number of hydrogen-bond donors (Lipinski definition) is 1. The molecule has 0 unspecified atom stereocenters. The summed E-state index contributed by atoms with van der Waals surface area (Å²) in [6.07, 6.45) is 7.58. The van der Waals surface area contributed by atoms with E-state index in [9.17, 15) is 13.7 Å². The third-order valence-electron chi connectivity index (χ3n) is 6.79. The molecule has 0 radical (unpaired) electrons. The zero-order valence-corrected chi connectivity index (χ0v) is 19.6. The molecule has 1 saturated heterocycles. The zero-order valence-electron chi connectivity index (χ0n) is 18.8. The summed E-state index contributed by atoms with van der Waals surface area (Å²) in [7, 11) is -3.14. The third kappa shape index (κ3) is 4.59. The number of aromatic nitrogens is 1. The van der Waals surface area contributed by atoms with Crippen molar-refractivity contribution in [3.05, 3.63) is 59.9 Å². The number of sulfonamides is 1. The van der Waals surface area contributed by atoms with Crippen molar-refractivity contribution in [2.45, 2.75) is 44.6 Å². The van der Waals surface area contributed by atoms with Gasteiger partial charge in [0.15, 0.2) is 0 Å². The van der Waals surface area contributed by atoms with E-state index in [-0.39, 0.29) is 11.8 Å². The lowest BCUT2D eigenvalue weighted by Crippen LogP contribution is -2.42. The van der Waals surface area contributed by atoms with Gasteiger partial charge in [0, 0.05) is 42.6 Å². The Morgan fingerprint density at radius 1 is 1.09 bits per heavy atom. The van der Waals surface area contributed by atoms with Crippen LogP contribution in [-0.2, 0) is 10.0 Å². The number of hydrogen-bond acceptors (Lipinski definition) is 5. The number of anilines is 1. The summed E-state index contributed by atoms with van der Waals surface area (Å²) in [5.74, 6) is 0.720. The number of rotatable bonds is 6. The molecule has 1 aliphatic heterocycles. The molecule has 2 heterocycles. The number of piperidine rings is 1. The van der Waals surface area contributed by atoms with Gasteiger partial charge in [0.25, 0.3) is 0 Å². The van der Waals surface area contributed by atoms with Crippen LogP contribution in [0.3, 0.4) is 0 Å². The molecule has 2 aliphatic rings. The molecule has 0 spiro atoms. The topological polar surface area (TPSA) is 86.1 Å². The van der Waals surface area contributed by atoms with Crippen LogP contribution in [-0.4, -0.2) is 42.6 Å². The summed E-state index contributed by atoms with van der Waals surface area (Å²) in [6.45, 7) is 2.78. The van der Waals surface area contributed by atoms with Crippen LogP contribution >= 0.6 is 0 Å². The Balaban J connectivity index is 1.47. The van der Waals surface area contributed by atoms with Gasteiger partial charge in [-0.05, 0) is 90.9 Å². The maximum absolute atomic E-state index is 12.2. The van der Waals surface area contributed by atoms with Gasteiger partial charge in [-0.3, -0.25) is 4.98 Å². The molecule has 170 valence electrons. The fraction of sp³-hybridized carbons (Fsp3) is 0.385. The number of nitriles is 1. The van der Waals surface area contributed by atoms with Crippen molar-refractivity contribution in [3.8, 4) is 17.2 Å². The standard InChI is InChI=1S/C26H28N4O2S/c1-2-33(31,32)30-9-6-24(7-10-30)29-26-15-23(13-20-5-8-28-17-25(20)26)22-12-18(16-27)11-21(14-22)19-3-4-19/h5,8,11-15,17,19,24,29H,2-4,6-7,9-10H2,1H3. The molecule has 6 nitrogen and oxygen atoms in total. The lowest BCUT2D eigenvalue weighted by atomic mass is 9.95. The van der Waals surface area contributed by atoms with Crippen molar-refractivity contribution in [1.82, 2.24) is 9.29 Å². The van der Waals surface area contributed by atoms with E-state index in [0.717, 1.165) is 40.4 Å². The van der Waals surface area contributed by atoms with Crippen LogP contribution in [0, 0.1) is 11.3 Å². The van der Waals surface area contributed by atoms with Gasteiger partial charge in [-0.25, -0.2) is 12.7 Å². The molecule has 2 fully saturated rings. The van der Waals surface area contributed by atoms with E-state index in [2.05, 4.69) is 34.6 Å². The van der Waals surface area contributed by atoms with Gasteiger partial charge in [0.2, 0.25) is 10.0 Å². The van der Waals surface area contributed by atoms with E-state index < -0.39 is 10.0 Å². The average Bonchev–Trinajstić information content (AvgIpc) is 3.70. The van der Waals surface area contributed by atoms with Crippen molar-refractivity contribution in [1.29, 1.82) is 5.26 Å². The molecule has 0 atom stereocenters. The summed E-state index contributed by atoms with van der Waals surface area (Å²) in [5, 5.41) is 15.4. The maximum atomic E-state index is 12.2. The molecule has 1 aliphatic carbocycles. The van der Waals surface area contributed by atoms with Gasteiger partial charge in [-0.2, -0.15) is 5.26 Å². The summed E-state index contributed by atoms with van der Waals surface area (Å²) >= 11 is 0. The molecule has 33 heavy (non-hydrogen) atoms. The van der Waals surface area contributed by atoms with E-state index in [1.54, 1.807) is 17.4 Å². The highest BCUT2D eigenvalue weighted by molar-refractivity contribution is 7.89. The average molecular weight is 461 g/mol. The minimum Gasteiger partial charge on any atom is -0.382 e. The molecule has 3 aromatic rings. The Kier molecular flexibility index (Phi) is 5.81. The fourth-order valence-electron chi connectivity index (χ4n) is 4.70. The molecule has 2 aromatic carbocycles. The molecule has 5 rings (SSSR count). The second-order valence-electron chi connectivity index (χ2n) is 9.07. The van der Waals surface area contributed by atoms with E-state index in [4.69, 9.17) is 0 Å². The monoisotopic (exact) mass is 460 g/mol. The summed E-state index contributed by atoms with van der Waals surface area (Å²) in [4.78, 5) is 4.33. The van der Waals surface area contributed by atoms with Crippen molar-refractivity contribution in [2.75, 3.05) is 24.2 Å². The highest BCUT2D eigenvalue weighted by atomic mass is 32.2. The SMILES string of the molecule is CCS(=O)(=O)N1CCC(Nc2cc(-c3cc(C#N)cc(C4CC4)c3)cc3ccncc23)CC1. The Morgan fingerprint density at radius 2 is 1.85 bits per heavy atom. The zero-order chi connectivity index (χ0) is 23.0. The Labute approximate surface area is 195 Å². The minimum atomic E-state index is -3.14. The molecule has 1 aromatic heterocycles. The molecule has 0 bridgehead atoms. The lowest BCUT2D eigenvalue weighted by molar-refractivity contribution is 0.330. The van der Waals surface area contributed by atoms with E-state index in [1.165, 1.54) is 18.4 Å². The second kappa shape index (κ2) is 8.77. The molecular formula is C26H28N4O2S. The van der Waals surface area contributed by atoms with E-state index in [0.29, 0.717) is 24.6 Å². The number of nitrogens with zero attached hydrogens (tertiary/aromatic N) is 3. The largest absolute Gasteiger partial charge is 0.382 e. The molecule has 1 saturated carbocycles. The van der Waals surface area contributed by atoms with Crippen LogP contribution in [0.25, 0.3) is 21.9 Å². The van der Waals surface area contributed by atoms with Gasteiger partial charge in [0.05, 0.1) is 17.4 Å². The highest BCUT2D eigenvalue weighted by Crippen LogP contribution is 2.42. The number of nitrogens with one attached hydrogen (secondary N) is 1. The van der Waals surface area contributed by atoms with Gasteiger partial charge < -0.3 is 5.32 Å². The van der Waals surface area contributed by atoms with Gasteiger partial charge in [-0.1, -0.05) is 6.07 Å². The summed E-state index contributed by atoms with van der Waals surface area (Å²) in [5.41, 5.74) is 5.08. The first-order valence-electron chi connectivity index (χ1n) is 11.6. The summed E-state index contributed by atoms with van der Waals surface area (Å²) < 4.78 is 26.0. The van der Waals surface area contributed by atoms with Gasteiger partial charge in [-0.15, -0.1) is 0 Å². The Morgan fingerprint density at radius 3 is 2.55 bits per heavy atom. The van der Waals surface area contributed by atoms with Crippen LogP contribution in [0.1, 0.15) is 49.7 Å². The van der Waals surface area contributed by atoms with Gasteiger partial charge >= 0.3 is 0 Å². The number of pyridine rings is 1. The van der Waals surface area contributed by atoms with Crippen LogP contribution < -0.4 is 5.32 Å². The Bertz CT molecular complexity index is 1330. The molecule has 0 amide bonds. The number of benzene rings is 2. The first-order valence-corrected chi connectivity index (χ1v) is 13.3. The lowest BCUT2D eigenvalue weighted by Gasteiger charge is -2.32. The highest BCUT2D eigenvalue weighted by Gasteiger charge is 2.27. The molecular weight excluding hydrogens is 432 g/mol. The van der Waals surface area contributed by atoms with Crippen LogP contribution in [0.5, 0.6) is 0 Å². The Hall–Kier alpha value is -2.95. The van der Waals surface area contributed by atoms with E-state index >= 15 is 0 Å². The van der Waals surface area contributed by atoms with E-state index in [1.807, 2.05) is 24.4 Å². The predicted molar refractivity (Wildman–Crippen MR) is 132 cm³/mol. The molecule has 7 heteroatoms. The summed E-state index contributed by atoms with van der Waals surface area (Å²) in [6, 6.07) is 15.0. The molecule has 1 N–H and O–H groups in total. The van der Waals surface area contributed by atoms with Crippen molar-refractivity contribution in [2.24, 2.45) is 0 Å². The van der Waals surface area contributed by atoms with Crippen molar-refractivity contribution in [3.63, 3.8) is 0 Å². The quantitative estimate of drug-likeness (QED) is 0.567. The third-order valence-corrected chi connectivity index (χ3v) is 8.68. The van der Waals surface area contributed by atoms with Crippen molar-refractivity contribution >= 4 is 26.5 Å². The maximum Gasteiger partial charge on any atom is 0.213 e. The number of fused-ring (bicyclic) bond motifs is 1. The van der Waals surface area contributed by atoms with Crippen molar-refractivity contribution < 1.29 is 8.42 Å². The first kappa shape index (κ1) is 21.9. The normalized spacial score (nSPS) is 17.7. The smallest absolute Gasteiger partial charge is 0.213 e. The second-order valence-corrected chi connectivity index (χ2v) is 11.3. The fourth-order valence-corrected chi connectivity index (χ4v) is 5.83.